The lowest BCUT2D eigenvalue weighted by Gasteiger charge is -2.08. The molecule has 3 rings (SSSR count). The summed E-state index contributed by atoms with van der Waals surface area (Å²) in [6.45, 7) is 0. The first-order valence-electron chi connectivity index (χ1n) is 6.24. The number of aryl methyl sites for hydroxylation is 1. The molecule has 0 fully saturated rings. The number of halogens is 2. The number of hydrogen-bond acceptors (Lipinski definition) is 2. The van der Waals surface area contributed by atoms with Crippen LogP contribution in [0.5, 0.6) is 0 Å². The lowest BCUT2D eigenvalue weighted by molar-refractivity contribution is -0.138. The van der Waals surface area contributed by atoms with Crippen molar-refractivity contribution in [3.63, 3.8) is 0 Å². The quantitative estimate of drug-likeness (QED) is 0.906. The molecule has 0 amide bonds. The fourth-order valence-electron chi connectivity index (χ4n) is 2.57. The highest BCUT2D eigenvalue weighted by Crippen LogP contribution is 2.35. The second kappa shape index (κ2) is 5.08. The Kier molecular flexibility index (Phi) is 3.40. The summed E-state index contributed by atoms with van der Waals surface area (Å²) in [6.07, 6.45) is 1.28. The number of carboxylic acid groups (broad SMARTS) is 1. The van der Waals surface area contributed by atoms with Crippen molar-refractivity contribution in [2.75, 3.05) is 0 Å². The number of hydrogen-bond donors (Lipinski definition) is 1. The van der Waals surface area contributed by atoms with Crippen LogP contribution in [-0.4, -0.2) is 16.1 Å². The topological polar surface area (TPSA) is 50.2 Å². The number of rotatable bonds is 2. The number of pyridine rings is 1. The van der Waals surface area contributed by atoms with Gasteiger partial charge in [0.2, 0.25) is 0 Å². The zero-order chi connectivity index (χ0) is 14.3. The minimum Gasteiger partial charge on any atom is -0.481 e. The van der Waals surface area contributed by atoms with Crippen LogP contribution >= 0.6 is 23.2 Å². The van der Waals surface area contributed by atoms with Gasteiger partial charge in [-0.05, 0) is 42.7 Å². The summed E-state index contributed by atoms with van der Waals surface area (Å²) in [6, 6.07) is 8.86. The van der Waals surface area contributed by atoms with E-state index in [1.54, 1.807) is 24.3 Å². The molecule has 0 saturated heterocycles. The highest BCUT2D eigenvalue weighted by Gasteiger charge is 2.29. The van der Waals surface area contributed by atoms with Gasteiger partial charge in [-0.2, -0.15) is 0 Å². The smallest absolute Gasteiger partial charge is 0.311 e. The van der Waals surface area contributed by atoms with E-state index in [0.717, 1.165) is 22.5 Å². The molecule has 1 aliphatic rings. The van der Waals surface area contributed by atoms with Crippen molar-refractivity contribution in [3.05, 3.63) is 51.6 Å². The fraction of sp³-hybridized carbons (Fsp3) is 0.200. The van der Waals surface area contributed by atoms with Gasteiger partial charge in [-0.25, -0.2) is 0 Å². The van der Waals surface area contributed by atoms with Gasteiger partial charge in [0, 0.05) is 16.3 Å². The first kappa shape index (κ1) is 13.4. The summed E-state index contributed by atoms with van der Waals surface area (Å²) in [5, 5.41) is 10.3. The van der Waals surface area contributed by atoms with Gasteiger partial charge in [0.25, 0.3) is 0 Å². The van der Waals surface area contributed by atoms with Crippen LogP contribution < -0.4 is 0 Å². The third-order valence-corrected chi connectivity index (χ3v) is 4.12. The first-order valence-corrected chi connectivity index (χ1v) is 7.00. The van der Waals surface area contributed by atoms with Crippen LogP contribution in [0.1, 0.15) is 23.6 Å². The van der Waals surface area contributed by atoms with Crippen LogP contribution in [0, 0.1) is 0 Å². The van der Waals surface area contributed by atoms with E-state index in [1.165, 1.54) is 0 Å². The van der Waals surface area contributed by atoms with E-state index in [2.05, 4.69) is 4.98 Å². The van der Waals surface area contributed by atoms with E-state index in [-0.39, 0.29) is 0 Å². The molecule has 1 aromatic heterocycles. The standard InChI is InChI=1S/C15H11Cl2NO2/c16-8-1-4-12(17)11(7-8)14-5-2-9-10(15(19)20)3-6-13(9)18-14/h1-2,4-5,7,10H,3,6H2,(H,19,20). The summed E-state index contributed by atoms with van der Waals surface area (Å²) in [4.78, 5) is 15.7. The summed E-state index contributed by atoms with van der Waals surface area (Å²) in [7, 11) is 0. The molecule has 1 heterocycles. The molecule has 0 radical (unpaired) electrons. The highest BCUT2D eigenvalue weighted by molar-refractivity contribution is 6.35. The van der Waals surface area contributed by atoms with Crippen molar-refractivity contribution in [1.29, 1.82) is 0 Å². The second-order valence-corrected chi connectivity index (χ2v) is 5.63. The van der Waals surface area contributed by atoms with Gasteiger partial charge >= 0.3 is 5.97 Å². The molecular weight excluding hydrogens is 297 g/mol. The molecular formula is C15H11Cl2NO2. The Labute approximate surface area is 126 Å². The molecule has 0 saturated carbocycles. The first-order chi connectivity index (χ1) is 9.56. The van der Waals surface area contributed by atoms with E-state index in [9.17, 15) is 4.79 Å². The maximum Gasteiger partial charge on any atom is 0.311 e. The van der Waals surface area contributed by atoms with Gasteiger partial charge in [-0.1, -0.05) is 29.3 Å². The van der Waals surface area contributed by atoms with Crippen LogP contribution in [0.15, 0.2) is 30.3 Å². The van der Waals surface area contributed by atoms with Crippen molar-refractivity contribution < 1.29 is 9.90 Å². The zero-order valence-corrected chi connectivity index (χ0v) is 11.9. The maximum absolute atomic E-state index is 11.2. The second-order valence-electron chi connectivity index (χ2n) is 4.79. The summed E-state index contributed by atoms with van der Waals surface area (Å²) in [5.41, 5.74) is 3.13. The monoisotopic (exact) mass is 307 g/mol. The van der Waals surface area contributed by atoms with Gasteiger partial charge in [0.1, 0.15) is 0 Å². The van der Waals surface area contributed by atoms with Gasteiger partial charge < -0.3 is 5.11 Å². The Hall–Kier alpha value is -1.58. The molecule has 1 aromatic carbocycles. The lowest BCUT2D eigenvalue weighted by atomic mass is 10.0. The lowest BCUT2D eigenvalue weighted by Crippen LogP contribution is -2.07. The molecule has 3 nitrogen and oxygen atoms in total. The normalized spacial score (nSPS) is 17.0. The number of aliphatic carboxylic acids is 1. The maximum atomic E-state index is 11.2. The molecule has 1 N–H and O–H groups in total. The van der Waals surface area contributed by atoms with E-state index in [1.807, 2.05) is 6.07 Å². The van der Waals surface area contributed by atoms with Gasteiger partial charge in [0.05, 0.1) is 16.6 Å². The predicted octanol–water partition coefficient (Wildman–Crippen LogP) is 4.17. The largest absolute Gasteiger partial charge is 0.481 e. The van der Waals surface area contributed by atoms with Crippen LogP contribution in [-0.2, 0) is 11.2 Å². The Morgan fingerprint density at radius 1 is 1.25 bits per heavy atom. The van der Waals surface area contributed by atoms with Crippen molar-refractivity contribution in [3.8, 4) is 11.3 Å². The zero-order valence-electron chi connectivity index (χ0n) is 10.4. The Morgan fingerprint density at radius 2 is 2.05 bits per heavy atom. The molecule has 20 heavy (non-hydrogen) atoms. The van der Waals surface area contributed by atoms with Gasteiger partial charge in [-0.3, -0.25) is 9.78 Å². The molecule has 1 atom stereocenters. The molecule has 0 spiro atoms. The van der Waals surface area contributed by atoms with E-state index < -0.39 is 11.9 Å². The third kappa shape index (κ3) is 2.28. The van der Waals surface area contributed by atoms with E-state index >= 15 is 0 Å². The average Bonchev–Trinajstić information content (AvgIpc) is 2.84. The molecule has 1 unspecified atom stereocenters. The molecule has 0 aliphatic heterocycles. The van der Waals surface area contributed by atoms with Gasteiger partial charge in [-0.15, -0.1) is 0 Å². The van der Waals surface area contributed by atoms with Gasteiger partial charge in [0.15, 0.2) is 0 Å². The number of fused-ring (bicyclic) bond motifs is 1. The van der Waals surface area contributed by atoms with Crippen molar-refractivity contribution in [1.82, 2.24) is 4.98 Å². The van der Waals surface area contributed by atoms with Crippen LogP contribution in [0.4, 0.5) is 0 Å². The molecule has 102 valence electrons. The average molecular weight is 308 g/mol. The Bertz CT molecular complexity index is 700. The number of benzene rings is 1. The van der Waals surface area contributed by atoms with E-state index in [4.69, 9.17) is 28.3 Å². The number of nitrogens with zero attached hydrogens (tertiary/aromatic N) is 1. The number of carbonyl (C=O) groups is 1. The minimum absolute atomic E-state index is 0.443. The summed E-state index contributed by atoms with van der Waals surface area (Å²) in [5.74, 6) is -1.24. The predicted molar refractivity (Wildman–Crippen MR) is 78.4 cm³/mol. The molecule has 5 heteroatoms. The highest BCUT2D eigenvalue weighted by atomic mass is 35.5. The summed E-state index contributed by atoms with van der Waals surface area (Å²) < 4.78 is 0. The fourth-order valence-corrected chi connectivity index (χ4v) is 2.95. The minimum atomic E-state index is -0.793. The molecule has 0 bridgehead atoms. The Balaban J connectivity index is 2.06. The van der Waals surface area contributed by atoms with Crippen molar-refractivity contribution in [2.24, 2.45) is 0 Å². The molecule has 2 aromatic rings. The van der Waals surface area contributed by atoms with Crippen LogP contribution in [0.3, 0.4) is 0 Å². The number of aromatic nitrogens is 1. The Morgan fingerprint density at radius 3 is 2.80 bits per heavy atom. The SMILES string of the molecule is O=C(O)C1CCc2nc(-c3cc(Cl)ccc3Cl)ccc21. The van der Waals surface area contributed by atoms with Crippen molar-refractivity contribution in [2.45, 2.75) is 18.8 Å². The third-order valence-electron chi connectivity index (χ3n) is 3.56. The van der Waals surface area contributed by atoms with Crippen LogP contribution in [0.25, 0.3) is 11.3 Å². The van der Waals surface area contributed by atoms with E-state index in [0.29, 0.717) is 22.9 Å². The van der Waals surface area contributed by atoms with Crippen LogP contribution in [0.2, 0.25) is 10.0 Å². The number of carboxylic acids is 1. The molecule has 1 aliphatic carbocycles. The van der Waals surface area contributed by atoms with Crippen molar-refractivity contribution >= 4 is 29.2 Å². The summed E-state index contributed by atoms with van der Waals surface area (Å²) >= 11 is 12.2.